The fourth-order valence-corrected chi connectivity index (χ4v) is 4.34. The van der Waals surface area contributed by atoms with Crippen molar-refractivity contribution in [2.75, 3.05) is 12.4 Å². The summed E-state index contributed by atoms with van der Waals surface area (Å²) in [6.45, 7) is 2.49. The predicted molar refractivity (Wildman–Crippen MR) is 120 cm³/mol. The van der Waals surface area contributed by atoms with Crippen molar-refractivity contribution in [3.05, 3.63) is 41.7 Å². The van der Waals surface area contributed by atoms with Gasteiger partial charge in [-0.25, -0.2) is 4.79 Å². The lowest BCUT2D eigenvalue weighted by Gasteiger charge is -2.22. The Kier molecular flexibility index (Phi) is 9.09. The molecule has 0 radical (unpaired) electrons. The lowest BCUT2D eigenvalue weighted by molar-refractivity contribution is -0.142. The minimum atomic E-state index is -0.462. The van der Waals surface area contributed by atoms with E-state index in [1.807, 2.05) is 30.3 Å². The third-order valence-corrected chi connectivity index (χ3v) is 6.08. The first kappa shape index (κ1) is 23.8. The number of urea groups is 1. The maximum absolute atomic E-state index is 12.3. The van der Waals surface area contributed by atoms with Crippen LogP contribution in [0.15, 0.2) is 35.5 Å². The molecular formula is C22H29N5O4S. The molecule has 1 aliphatic carbocycles. The topological polar surface area (TPSA) is 115 Å². The second kappa shape index (κ2) is 12.2. The standard InChI is InChI=1S/C22H29N5O4S/c1-2-31-20(29)13-18-25-26-22(27(18)14-16-9-5-3-6-10-16)32-15-19(28)24-21(30)23-17-11-7-4-8-12-17/h3,5-6,9-10,17H,2,4,7-8,11-15H2,1H3,(H2,23,24,28,30). The van der Waals surface area contributed by atoms with Gasteiger partial charge in [0.05, 0.1) is 18.9 Å². The van der Waals surface area contributed by atoms with Gasteiger partial charge in [0.2, 0.25) is 5.91 Å². The second-order valence-corrected chi connectivity index (χ2v) is 8.54. The number of rotatable bonds is 9. The fraction of sp³-hybridized carbons (Fsp3) is 0.500. The van der Waals surface area contributed by atoms with E-state index in [2.05, 4.69) is 20.8 Å². The van der Waals surface area contributed by atoms with Crippen molar-refractivity contribution in [2.45, 2.75) is 63.2 Å². The zero-order valence-corrected chi connectivity index (χ0v) is 19.0. The Morgan fingerprint density at radius 2 is 1.88 bits per heavy atom. The molecule has 1 heterocycles. The summed E-state index contributed by atoms with van der Waals surface area (Å²) in [5, 5.41) is 14.0. The first-order valence-electron chi connectivity index (χ1n) is 10.9. The maximum Gasteiger partial charge on any atom is 0.321 e. The number of esters is 1. The molecular weight excluding hydrogens is 430 g/mol. The van der Waals surface area contributed by atoms with Gasteiger partial charge in [0.15, 0.2) is 5.16 Å². The molecule has 0 bridgehead atoms. The molecule has 1 fully saturated rings. The highest BCUT2D eigenvalue weighted by Gasteiger charge is 2.20. The number of imide groups is 1. The second-order valence-electron chi connectivity index (χ2n) is 7.60. The SMILES string of the molecule is CCOC(=O)Cc1nnc(SCC(=O)NC(=O)NC2CCCCC2)n1Cc1ccccc1. The van der Waals surface area contributed by atoms with Gasteiger partial charge in [-0.3, -0.25) is 14.9 Å². The average Bonchev–Trinajstić information content (AvgIpc) is 3.14. The quantitative estimate of drug-likeness (QED) is 0.438. The summed E-state index contributed by atoms with van der Waals surface area (Å²) in [4.78, 5) is 36.3. The highest BCUT2D eigenvalue weighted by Crippen LogP contribution is 2.20. The molecule has 0 spiro atoms. The highest BCUT2D eigenvalue weighted by molar-refractivity contribution is 7.99. The van der Waals surface area contributed by atoms with Gasteiger partial charge >= 0.3 is 12.0 Å². The lowest BCUT2D eigenvalue weighted by atomic mass is 9.96. The summed E-state index contributed by atoms with van der Waals surface area (Å²) < 4.78 is 6.83. The van der Waals surface area contributed by atoms with Gasteiger partial charge < -0.3 is 14.6 Å². The third kappa shape index (κ3) is 7.37. The molecule has 3 amide bonds. The number of hydrogen-bond acceptors (Lipinski definition) is 7. The number of ether oxygens (including phenoxy) is 1. The zero-order chi connectivity index (χ0) is 22.8. The van der Waals surface area contributed by atoms with E-state index in [1.165, 1.54) is 18.2 Å². The smallest absolute Gasteiger partial charge is 0.321 e. The summed E-state index contributed by atoms with van der Waals surface area (Å²) in [5.41, 5.74) is 1.01. The number of carbonyl (C=O) groups excluding carboxylic acids is 3. The van der Waals surface area contributed by atoms with Crippen LogP contribution in [0, 0.1) is 0 Å². The van der Waals surface area contributed by atoms with Crippen LogP contribution < -0.4 is 10.6 Å². The van der Waals surface area contributed by atoms with Crippen molar-refractivity contribution in [1.82, 2.24) is 25.4 Å². The van der Waals surface area contributed by atoms with E-state index in [0.29, 0.717) is 17.5 Å². The summed E-state index contributed by atoms with van der Waals surface area (Å²) in [5.74, 6) is -0.331. The van der Waals surface area contributed by atoms with Crippen molar-refractivity contribution >= 4 is 29.7 Å². The Labute approximate surface area is 191 Å². The van der Waals surface area contributed by atoms with Crippen molar-refractivity contribution in [3.63, 3.8) is 0 Å². The van der Waals surface area contributed by atoms with Crippen molar-refractivity contribution in [2.24, 2.45) is 0 Å². The van der Waals surface area contributed by atoms with Crippen LogP contribution in [0.25, 0.3) is 0 Å². The van der Waals surface area contributed by atoms with E-state index < -0.39 is 11.9 Å². The Bertz CT molecular complexity index is 912. The first-order chi connectivity index (χ1) is 15.5. The van der Waals surface area contributed by atoms with Crippen molar-refractivity contribution in [3.8, 4) is 0 Å². The first-order valence-corrected chi connectivity index (χ1v) is 11.9. The van der Waals surface area contributed by atoms with Crippen LogP contribution in [-0.2, 0) is 27.3 Å². The molecule has 1 aliphatic rings. The van der Waals surface area contributed by atoms with Gasteiger partial charge in [0, 0.05) is 6.04 Å². The van der Waals surface area contributed by atoms with E-state index in [4.69, 9.17) is 4.74 Å². The predicted octanol–water partition coefficient (Wildman–Crippen LogP) is 2.68. The molecule has 0 aliphatic heterocycles. The van der Waals surface area contributed by atoms with Gasteiger partial charge in [0.1, 0.15) is 12.2 Å². The maximum atomic E-state index is 12.3. The number of carbonyl (C=O) groups is 3. The minimum absolute atomic E-state index is 0.00438. The zero-order valence-electron chi connectivity index (χ0n) is 18.2. The molecule has 9 nitrogen and oxygen atoms in total. The number of nitrogens with zero attached hydrogens (tertiary/aromatic N) is 3. The summed E-state index contributed by atoms with van der Waals surface area (Å²) >= 11 is 1.17. The van der Waals surface area contributed by atoms with Gasteiger partial charge in [-0.15, -0.1) is 10.2 Å². The summed E-state index contributed by atoms with van der Waals surface area (Å²) in [7, 11) is 0. The average molecular weight is 460 g/mol. The summed E-state index contributed by atoms with van der Waals surface area (Å²) in [6.07, 6.45) is 5.27. The molecule has 0 saturated heterocycles. The van der Waals surface area contributed by atoms with E-state index in [0.717, 1.165) is 31.2 Å². The van der Waals surface area contributed by atoms with Crippen LogP contribution in [0.3, 0.4) is 0 Å². The third-order valence-electron chi connectivity index (χ3n) is 5.11. The molecule has 3 rings (SSSR count). The number of aromatic nitrogens is 3. The molecule has 1 saturated carbocycles. The normalized spacial score (nSPS) is 14.0. The minimum Gasteiger partial charge on any atom is -0.466 e. The molecule has 2 N–H and O–H groups in total. The Balaban J connectivity index is 1.60. The van der Waals surface area contributed by atoms with E-state index in [1.54, 1.807) is 11.5 Å². The molecule has 0 atom stereocenters. The molecule has 1 aromatic carbocycles. The van der Waals surface area contributed by atoms with Crippen LogP contribution in [0.4, 0.5) is 4.79 Å². The van der Waals surface area contributed by atoms with Crippen molar-refractivity contribution in [1.29, 1.82) is 0 Å². The lowest BCUT2D eigenvalue weighted by Crippen LogP contribution is -2.45. The highest BCUT2D eigenvalue weighted by atomic mass is 32.2. The van der Waals surface area contributed by atoms with Crippen LogP contribution in [-0.4, -0.2) is 51.1 Å². The van der Waals surface area contributed by atoms with E-state index in [9.17, 15) is 14.4 Å². The van der Waals surface area contributed by atoms with Crippen LogP contribution in [0.2, 0.25) is 0 Å². The molecule has 10 heteroatoms. The Morgan fingerprint density at radius 1 is 1.12 bits per heavy atom. The molecule has 0 unspecified atom stereocenters. The molecule has 32 heavy (non-hydrogen) atoms. The van der Waals surface area contributed by atoms with Crippen LogP contribution in [0.5, 0.6) is 0 Å². The molecule has 2 aromatic rings. The van der Waals surface area contributed by atoms with Crippen molar-refractivity contribution < 1.29 is 19.1 Å². The van der Waals surface area contributed by atoms with Crippen LogP contribution in [0.1, 0.15) is 50.4 Å². The fourth-order valence-electron chi connectivity index (χ4n) is 3.58. The number of thioether (sulfide) groups is 1. The largest absolute Gasteiger partial charge is 0.466 e. The van der Waals surface area contributed by atoms with Gasteiger partial charge in [0.25, 0.3) is 0 Å². The molecule has 172 valence electrons. The van der Waals surface area contributed by atoms with Crippen LogP contribution >= 0.6 is 11.8 Å². The number of hydrogen-bond donors (Lipinski definition) is 2. The monoisotopic (exact) mass is 459 g/mol. The number of benzene rings is 1. The van der Waals surface area contributed by atoms with Gasteiger partial charge in [-0.2, -0.15) is 0 Å². The number of nitrogens with one attached hydrogen (secondary N) is 2. The number of amides is 3. The van der Waals surface area contributed by atoms with Gasteiger partial charge in [-0.05, 0) is 25.3 Å². The van der Waals surface area contributed by atoms with E-state index in [-0.39, 0.29) is 30.8 Å². The van der Waals surface area contributed by atoms with E-state index >= 15 is 0 Å². The van der Waals surface area contributed by atoms with Gasteiger partial charge in [-0.1, -0.05) is 61.4 Å². The summed E-state index contributed by atoms with van der Waals surface area (Å²) in [6, 6.07) is 9.37. The Morgan fingerprint density at radius 3 is 2.59 bits per heavy atom. The Hall–Kier alpha value is -2.88. The molecule has 1 aromatic heterocycles.